The molecule has 2 amide bonds. The summed E-state index contributed by atoms with van der Waals surface area (Å²) in [6.45, 7) is -0.0215. The molecule has 3 aromatic rings. The summed E-state index contributed by atoms with van der Waals surface area (Å²) in [6.07, 6.45) is 0. The highest BCUT2D eigenvalue weighted by Gasteiger charge is 2.09. The van der Waals surface area contributed by atoms with Crippen LogP contribution in [-0.4, -0.2) is 23.5 Å². The second kappa shape index (κ2) is 8.37. The van der Waals surface area contributed by atoms with E-state index in [0.717, 1.165) is 5.56 Å². The first-order valence-electron chi connectivity index (χ1n) is 8.02. The molecule has 0 spiro atoms. The minimum Gasteiger partial charge on any atom is -0.486 e. The Hall–Kier alpha value is -3.32. The number of rotatable bonds is 7. The molecular formula is C19H16ClN3O4. The van der Waals surface area contributed by atoms with Crippen molar-refractivity contribution in [2.45, 2.75) is 6.61 Å². The number of hydrogen-bond acceptors (Lipinski definition) is 5. The Bertz CT molecular complexity index is 936. The van der Waals surface area contributed by atoms with Gasteiger partial charge in [0.05, 0.1) is 6.54 Å². The van der Waals surface area contributed by atoms with Crippen LogP contribution in [0.4, 0.5) is 0 Å². The maximum Gasteiger partial charge on any atom is 0.251 e. The molecule has 138 valence electrons. The van der Waals surface area contributed by atoms with Crippen LogP contribution in [0.1, 0.15) is 16.1 Å². The molecule has 0 radical (unpaired) electrons. The third-order valence-electron chi connectivity index (χ3n) is 3.62. The van der Waals surface area contributed by atoms with Gasteiger partial charge in [0.2, 0.25) is 5.91 Å². The van der Waals surface area contributed by atoms with E-state index < -0.39 is 5.91 Å². The predicted molar refractivity (Wildman–Crippen MR) is 99.3 cm³/mol. The molecule has 0 aliphatic rings. The van der Waals surface area contributed by atoms with E-state index in [2.05, 4.69) is 10.5 Å². The molecule has 0 aliphatic heterocycles. The smallest absolute Gasteiger partial charge is 0.251 e. The molecule has 3 N–H and O–H groups in total. The minimum atomic E-state index is -0.603. The fourth-order valence-corrected chi connectivity index (χ4v) is 2.39. The van der Waals surface area contributed by atoms with Gasteiger partial charge in [-0.05, 0) is 36.4 Å². The highest BCUT2D eigenvalue weighted by molar-refractivity contribution is 6.30. The van der Waals surface area contributed by atoms with Crippen molar-refractivity contribution in [3.05, 3.63) is 70.9 Å². The standard InChI is InChI=1S/C19H16ClN3O4/c20-14-5-1-12(2-6-14)17-9-16(27-23-17)11-26-15-7-3-13(4-8-15)19(25)22-10-18(21)24/h1-9H,10-11H2,(H2,21,24)(H,22,25). The van der Waals surface area contributed by atoms with Gasteiger partial charge in [-0.15, -0.1) is 0 Å². The maximum absolute atomic E-state index is 11.8. The van der Waals surface area contributed by atoms with Crippen LogP contribution in [0.3, 0.4) is 0 Å². The molecule has 27 heavy (non-hydrogen) atoms. The van der Waals surface area contributed by atoms with Crippen molar-refractivity contribution in [3.8, 4) is 17.0 Å². The van der Waals surface area contributed by atoms with Gasteiger partial charge >= 0.3 is 0 Å². The van der Waals surface area contributed by atoms with Crippen LogP contribution in [0.2, 0.25) is 5.02 Å². The third kappa shape index (κ3) is 5.08. The molecule has 2 aromatic carbocycles. The number of nitrogens with one attached hydrogen (secondary N) is 1. The van der Waals surface area contributed by atoms with E-state index in [4.69, 9.17) is 26.6 Å². The van der Waals surface area contributed by atoms with E-state index >= 15 is 0 Å². The summed E-state index contributed by atoms with van der Waals surface area (Å²) in [5.74, 6) is 0.130. The number of carbonyl (C=O) groups excluding carboxylic acids is 2. The average molecular weight is 386 g/mol. The summed E-state index contributed by atoms with van der Waals surface area (Å²) in [6, 6.07) is 15.5. The lowest BCUT2D eigenvalue weighted by atomic mass is 10.1. The van der Waals surface area contributed by atoms with Gasteiger partial charge in [0.1, 0.15) is 18.1 Å². The lowest BCUT2D eigenvalue weighted by Crippen LogP contribution is -2.33. The maximum atomic E-state index is 11.8. The van der Waals surface area contributed by atoms with Crippen molar-refractivity contribution in [2.24, 2.45) is 5.73 Å². The largest absolute Gasteiger partial charge is 0.486 e. The monoisotopic (exact) mass is 385 g/mol. The molecular weight excluding hydrogens is 370 g/mol. The third-order valence-corrected chi connectivity index (χ3v) is 3.87. The van der Waals surface area contributed by atoms with Crippen LogP contribution in [0.15, 0.2) is 59.1 Å². The number of hydrogen-bond donors (Lipinski definition) is 2. The quantitative estimate of drug-likeness (QED) is 0.650. The van der Waals surface area contributed by atoms with Gasteiger partial charge in [-0.2, -0.15) is 0 Å². The number of halogens is 1. The van der Waals surface area contributed by atoms with Gasteiger partial charge in [-0.25, -0.2) is 0 Å². The molecule has 0 atom stereocenters. The molecule has 0 fully saturated rings. The van der Waals surface area contributed by atoms with Gasteiger partial charge in [0, 0.05) is 22.2 Å². The summed E-state index contributed by atoms with van der Waals surface area (Å²) in [5, 5.41) is 7.07. The van der Waals surface area contributed by atoms with Crippen molar-refractivity contribution < 1.29 is 18.8 Å². The summed E-state index contributed by atoms with van der Waals surface area (Å²) >= 11 is 5.87. The first-order chi connectivity index (χ1) is 13.0. The van der Waals surface area contributed by atoms with Crippen LogP contribution in [0, 0.1) is 0 Å². The number of nitrogens with two attached hydrogens (primary N) is 1. The summed E-state index contributed by atoms with van der Waals surface area (Å²) < 4.78 is 10.9. The molecule has 0 saturated carbocycles. The second-order valence-electron chi connectivity index (χ2n) is 5.65. The van der Waals surface area contributed by atoms with Gasteiger partial charge < -0.3 is 20.3 Å². The van der Waals surface area contributed by atoms with E-state index in [0.29, 0.717) is 27.8 Å². The van der Waals surface area contributed by atoms with Gasteiger partial charge in [-0.1, -0.05) is 28.9 Å². The fraction of sp³-hybridized carbons (Fsp3) is 0.105. The Morgan fingerprint density at radius 2 is 1.81 bits per heavy atom. The number of aromatic nitrogens is 1. The SMILES string of the molecule is NC(=O)CNC(=O)c1ccc(OCc2cc(-c3ccc(Cl)cc3)no2)cc1. The molecule has 0 aliphatic carbocycles. The molecule has 0 unspecified atom stereocenters. The lowest BCUT2D eigenvalue weighted by Gasteiger charge is -2.06. The average Bonchev–Trinajstić information content (AvgIpc) is 3.14. The van der Waals surface area contributed by atoms with Crippen LogP contribution < -0.4 is 15.8 Å². The van der Waals surface area contributed by atoms with E-state index in [9.17, 15) is 9.59 Å². The van der Waals surface area contributed by atoms with Gasteiger partial charge in [0.25, 0.3) is 5.91 Å². The molecule has 7 nitrogen and oxygen atoms in total. The van der Waals surface area contributed by atoms with Crippen LogP contribution in [0.25, 0.3) is 11.3 Å². The summed E-state index contributed by atoms with van der Waals surface area (Å²) in [5.41, 5.74) is 6.96. The topological polar surface area (TPSA) is 107 Å². The first kappa shape index (κ1) is 18.5. The Morgan fingerprint density at radius 1 is 1.11 bits per heavy atom. The van der Waals surface area contributed by atoms with Crippen molar-refractivity contribution in [3.63, 3.8) is 0 Å². The van der Waals surface area contributed by atoms with Crippen molar-refractivity contribution >= 4 is 23.4 Å². The number of nitrogens with zero attached hydrogens (tertiary/aromatic N) is 1. The molecule has 0 bridgehead atoms. The second-order valence-corrected chi connectivity index (χ2v) is 6.08. The highest BCUT2D eigenvalue weighted by Crippen LogP contribution is 2.22. The predicted octanol–water partition coefficient (Wildman–Crippen LogP) is 2.79. The van der Waals surface area contributed by atoms with Crippen molar-refractivity contribution in [1.82, 2.24) is 10.5 Å². The Morgan fingerprint density at radius 3 is 2.48 bits per heavy atom. The molecule has 3 rings (SSSR count). The van der Waals surface area contributed by atoms with E-state index in [1.165, 1.54) is 0 Å². The normalized spacial score (nSPS) is 10.4. The summed E-state index contributed by atoms with van der Waals surface area (Å²) in [7, 11) is 0. The number of carbonyl (C=O) groups is 2. The number of ether oxygens (including phenoxy) is 1. The highest BCUT2D eigenvalue weighted by atomic mass is 35.5. The number of benzene rings is 2. The van der Waals surface area contributed by atoms with Crippen LogP contribution in [-0.2, 0) is 11.4 Å². The van der Waals surface area contributed by atoms with Gasteiger partial charge in [0.15, 0.2) is 5.76 Å². The van der Waals surface area contributed by atoms with Gasteiger partial charge in [-0.3, -0.25) is 9.59 Å². The Kier molecular flexibility index (Phi) is 5.73. The van der Waals surface area contributed by atoms with E-state index in [1.807, 2.05) is 12.1 Å². The molecule has 1 aromatic heterocycles. The zero-order chi connectivity index (χ0) is 19.2. The fourth-order valence-electron chi connectivity index (χ4n) is 2.26. The van der Waals surface area contributed by atoms with Crippen LogP contribution in [0.5, 0.6) is 5.75 Å². The lowest BCUT2D eigenvalue weighted by molar-refractivity contribution is -0.117. The van der Waals surface area contributed by atoms with Crippen molar-refractivity contribution in [1.29, 1.82) is 0 Å². The molecule has 1 heterocycles. The van der Waals surface area contributed by atoms with E-state index in [1.54, 1.807) is 42.5 Å². The number of primary amides is 1. The zero-order valence-electron chi connectivity index (χ0n) is 14.1. The van der Waals surface area contributed by atoms with Crippen molar-refractivity contribution in [2.75, 3.05) is 6.54 Å². The molecule has 0 saturated heterocycles. The molecule has 8 heteroatoms. The van der Waals surface area contributed by atoms with E-state index in [-0.39, 0.29) is 19.1 Å². The first-order valence-corrected chi connectivity index (χ1v) is 8.40. The minimum absolute atomic E-state index is 0.188. The van der Waals surface area contributed by atoms with Crippen LogP contribution >= 0.6 is 11.6 Å². The Labute approximate surface area is 160 Å². The number of amides is 2. The summed E-state index contributed by atoms with van der Waals surface area (Å²) in [4.78, 5) is 22.5. The zero-order valence-corrected chi connectivity index (χ0v) is 14.9. The Balaban J connectivity index is 1.56.